The van der Waals surface area contributed by atoms with Crippen molar-refractivity contribution in [2.75, 3.05) is 11.9 Å². The van der Waals surface area contributed by atoms with Crippen molar-refractivity contribution in [1.29, 1.82) is 0 Å². The Morgan fingerprint density at radius 1 is 1.00 bits per heavy atom. The van der Waals surface area contributed by atoms with E-state index < -0.39 is 41.0 Å². The number of fused-ring (bicyclic) bond motifs is 1. The molecule has 1 aromatic carbocycles. The molecule has 3 heterocycles. The van der Waals surface area contributed by atoms with Crippen LogP contribution in [0.25, 0.3) is 0 Å². The van der Waals surface area contributed by atoms with Crippen molar-refractivity contribution in [3.05, 3.63) is 29.3 Å². The molecule has 4 aliphatic rings. The highest BCUT2D eigenvalue weighted by atomic mass is 16.2. The van der Waals surface area contributed by atoms with E-state index in [4.69, 9.17) is 0 Å². The second-order valence-corrected chi connectivity index (χ2v) is 9.12. The van der Waals surface area contributed by atoms with E-state index in [2.05, 4.69) is 16.0 Å². The summed E-state index contributed by atoms with van der Waals surface area (Å²) in [5.74, 6) is -3.07. The predicted molar refractivity (Wildman–Crippen MR) is 114 cm³/mol. The third kappa shape index (κ3) is 3.23. The Labute approximate surface area is 189 Å². The van der Waals surface area contributed by atoms with Crippen LogP contribution < -0.4 is 16.0 Å². The second-order valence-electron chi connectivity index (χ2n) is 9.12. The summed E-state index contributed by atoms with van der Waals surface area (Å²) in [4.78, 5) is 76.5. The highest BCUT2D eigenvalue weighted by Crippen LogP contribution is 2.45. The number of piperidine rings is 1. The smallest absolute Gasteiger partial charge is 0.262 e. The molecule has 33 heavy (non-hydrogen) atoms. The third-order valence-electron chi connectivity index (χ3n) is 7.36. The Bertz CT molecular complexity index is 1110. The number of benzene rings is 1. The Hall–Kier alpha value is -3.56. The van der Waals surface area contributed by atoms with E-state index in [1.807, 2.05) is 0 Å². The average Bonchev–Trinajstić information content (AvgIpc) is 3.49. The van der Waals surface area contributed by atoms with Gasteiger partial charge in [0.05, 0.1) is 11.1 Å². The van der Waals surface area contributed by atoms with Crippen LogP contribution in [-0.2, 0) is 19.2 Å². The van der Waals surface area contributed by atoms with Crippen LogP contribution in [0.2, 0.25) is 0 Å². The van der Waals surface area contributed by atoms with Crippen molar-refractivity contribution in [2.45, 2.75) is 51.0 Å². The summed E-state index contributed by atoms with van der Waals surface area (Å²) in [5, 5.41) is 7.75. The van der Waals surface area contributed by atoms with Crippen LogP contribution in [0.1, 0.15) is 65.7 Å². The van der Waals surface area contributed by atoms with Gasteiger partial charge in [-0.1, -0.05) is 12.8 Å². The molecule has 10 heteroatoms. The summed E-state index contributed by atoms with van der Waals surface area (Å²) < 4.78 is 0. The summed E-state index contributed by atoms with van der Waals surface area (Å²) in [5.41, 5.74) is -0.615. The molecule has 5 rings (SSSR count). The van der Waals surface area contributed by atoms with Crippen LogP contribution in [-0.4, -0.2) is 52.9 Å². The maximum atomic E-state index is 13.3. The lowest BCUT2D eigenvalue weighted by Gasteiger charge is -2.31. The standard InChI is InChI=1S/C23H24N4O6/c28-17-8-7-16(18(29)26-17)27-19(30)14-6-5-13(11-15(14)20(27)31)25-22(33)23(9-10-24-21(23)32)12-3-1-2-4-12/h5-6,11-12,16H,1-4,7-10H2,(H,24,32)(H,25,33)(H,26,28,29). The van der Waals surface area contributed by atoms with Gasteiger partial charge in [0.25, 0.3) is 11.8 Å². The predicted octanol–water partition coefficient (Wildman–Crippen LogP) is 0.723. The van der Waals surface area contributed by atoms with Crippen LogP contribution >= 0.6 is 0 Å². The number of imide groups is 2. The fraction of sp³-hybridized carbons (Fsp3) is 0.478. The van der Waals surface area contributed by atoms with Crippen molar-refractivity contribution in [1.82, 2.24) is 15.5 Å². The Kier molecular flexibility index (Phi) is 5.02. The zero-order chi connectivity index (χ0) is 23.3. The Morgan fingerprint density at radius 3 is 2.39 bits per heavy atom. The summed E-state index contributed by atoms with van der Waals surface area (Å²) in [7, 11) is 0. The monoisotopic (exact) mass is 452 g/mol. The molecule has 1 aromatic rings. The first-order valence-electron chi connectivity index (χ1n) is 11.3. The molecule has 3 fully saturated rings. The lowest BCUT2D eigenvalue weighted by Crippen LogP contribution is -2.54. The van der Waals surface area contributed by atoms with Crippen molar-refractivity contribution in [3.8, 4) is 0 Å². The molecule has 0 aromatic heterocycles. The zero-order valence-corrected chi connectivity index (χ0v) is 17.9. The molecule has 172 valence electrons. The van der Waals surface area contributed by atoms with Gasteiger partial charge in [-0.25, -0.2) is 0 Å². The van der Waals surface area contributed by atoms with Gasteiger partial charge < -0.3 is 10.6 Å². The van der Waals surface area contributed by atoms with E-state index in [1.54, 1.807) is 0 Å². The lowest BCUT2D eigenvalue weighted by molar-refractivity contribution is -0.141. The average molecular weight is 452 g/mol. The number of carbonyl (C=O) groups is 6. The minimum atomic E-state index is -1.13. The largest absolute Gasteiger partial charge is 0.355 e. The molecule has 3 aliphatic heterocycles. The van der Waals surface area contributed by atoms with Crippen molar-refractivity contribution in [2.24, 2.45) is 11.3 Å². The maximum absolute atomic E-state index is 13.3. The van der Waals surface area contributed by atoms with Crippen molar-refractivity contribution in [3.63, 3.8) is 0 Å². The topological polar surface area (TPSA) is 142 Å². The molecule has 10 nitrogen and oxygen atoms in total. The van der Waals surface area contributed by atoms with Crippen LogP contribution in [0.4, 0.5) is 5.69 Å². The normalized spacial score (nSPS) is 27.6. The Balaban J connectivity index is 1.39. The van der Waals surface area contributed by atoms with Crippen LogP contribution in [0.5, 0.6) is 0 Å². The van der Waals surface area contributed by atoms with Gasteiger partial charge in [-0.3, -0.25) is 39.0 Å². The fourth-order valence-corrected chi connectivity index (χ4v) is 5.65. The van der Waals surface area contributed by atoms with Gasteiger partial charge in [0.1, 0.15) is 11.5 Å². The maximum Gasteiger partial charge on any atom is 0.262 e. The second kappa shape index (κ2) is 7.79. The number of rotatable bonds is 4. The Morgan fingerprint density at radius 2 is 1.73 bits per heavy atom. The number of anilines is 1. The molecule has 6 amide bonds. The number of hydrogen-bond acceptors (Lipinski definition) is 6. The van der Waals surface area contributed by atoms with E-state index in [0.29, 0.717) is 18.7 Å². The molecule has 0 radical (unpaired) electrons. The summed E-state index contributed by atoms with van der Waals surface area (Å²) in [6.45, 7) is 0.445. The summed E-state index contributed by atoms with van der Waals surface area (Å²) in [6, 6.07) is 3.31. The molecule has 0 bridgehead atoms. The van der Waals surface area contributed by atoms with Crippen LogP contribution in [0.15, 0.2) is 18.2 Å². The van der Waals surface area contributed by atoms with E-state index >= 15 is 0 Å². The highest BCUT2D eigenvalue weighted by Gasteiger charge is 2.55. The number of carbonyl (C=O) groups excluding carboxylic acids is 6. The fourth-order valence-electron chi connectivity index (χ4n) is 5.65. The van der Waals surface area contributed by atoms with Crippen molar-refractivity contribution >= 4 is 41.1 Å². The number of amides is 6. The van der Waals surface area contributed by atoms with Gasteiger partial charge in [0, 0.05) is 18.7 Å². The van der Waals surface area contributed by atoms with E-state index in [0.717, 1.165) is 30.6 Å². The van der Waals surface area contributed by atoms with E-state index in [9.17, 15) is 28.8 Å². The van der Waals surface area contributed by atoms with E-state index in [1.165, 1.54) is 18.2 Å². The van der Waals surface area contributed by atoms with Gasteiger partial charge in [0.2, 0.25) is 23.6 Å². The minimum absolute atomic E-state index is 0.0272. The number of nitrogens with zero attached hydrogens (tertiary/aromatic N) is 1. The van der Waals surface area contributed by atoms with Gasteiger partial charge in [-0.15, -0.1) is 0 Å². The van der Waals surface area contributed by atoms with E-state index in [-0.39, 0.29) is 35.8 Å². The first-order valence-corrected chi connectivity index (χ1v) is 11.3. The van der Waals surface area contributed by atoms with Gasteiger partial charge in [-0.2, -0.15) is 0 Å². The molecule has 0 spiro atoms. The van der Waals surface area contributed by atoms with Crippen LogP contribution in [0, 0.1) is 11.3 Å². The quantitative estimate of drug-likeness (QED) is 0.454. The lowest BCUT2D eigenvalue weighted by atomic mass is 9.72. The molecule has 2 unspecified atom stereocenters. The first-order chi connectivity index (χ1) is 15.8. The number of hydrogen-bond donors (Lipinski definition) is 3. The highest BCUT2D eigenvalue weighted by molar-refractivity contribution is 6.24. The first kappa shape index (κ1) is 21.3. The molecular formula is C23H24N4O6. The summed E-state index contributed by atoms with van der Waals surface area (Å²) in [6.07, 6.45) is 4.14. The molecule has 2 atom stereocenters. The molecule has 3 N–H and O–H groups in total. The van der Waals surface area contributed by atoms with Crippen LogP contribution in [0.3, 0.4) is 0 Å². The zero-order valence-electron chi connectivity index (χ0n) is 17.9. The molecule has 1 saturated carbocycles. The SMILES string of the molecule is O=C1CCC(N2C(=O)c3ccc(NC(=O)C4(C5CCCC5)CCNC4=O)cc3C2=O)C(=O)N1. The van der Waals surface area contributed by atoms with Gasteiger partial charge in [0.15, 0.2) is 0 Å². The number of nitrogens with one attached hydrogen (secondary N) is 3. The molecular weight excluding hydrogens is 428 g/mol. The third-order valence-corrected chi connectivity index (χ3v) is 7.36. The minimum Gasteiger partial charge on any atom is -0.355 e. The molecule has 2 saturated heterocycles. The molecule has 1 aliphatic carbocycles. The summed E-state index contributed by atoms with van der Waals surface area (Å²) >= 11 is 0. The van der Waals surface area contributed by atoms with Crippen molar-refractivity contribution < 1.29 is 28.8 Å². The van der Waals surface area contributed by atoms with Gasteiger partial charge >= 0.3 is 0 Å². The van der Waals surface area contributed by atoms with Gasteiger partial charge in [-0.05, 0) is 49.8 Å².